The number of benzene rings is 1. The molecule has 1 N–H and O–H groups in total. The SMILES string of the molecule is O=C1CCCC2=C1C(c1ccccc1)C1=C(O2)C(=O)c2cn[nH]c2C1=O. The summed E-state index contributed by atoms with van der Waals surface area (Å²) in [5.41, 5.74) is 1.91. The van der Waals surface area contributed by atoms with E-state index in [2.05, 4.69) is 10.2 Å². The number of fused-ring (bicyclic) bond motifs is 1. The number of Topliss-reactive ketones (excluding diaryl/α,β-unsaturated/α-hetero) is 3. The van der Waals surface area contributed by atoms with E-state index in [-0.39, 0.29) is 39.9 Å². The second kappa shape index (κ2) is 5.36. The molecule has 2 aliphatic carbocycles. The molecule has 0 amide bonds. The van der Waals surface area contributed by atoms with E-state index in [9.17, 15) is 14.4 Å². The first-order valence-electron chi connectivity index (χ1n) is 8.52. The predicted octanol–water partition coefficient (Wildman–Crippen LogP) is 2.86. The number of carbonyl (C=O) groups is 3. The van der Waals surface area contributed by atoms with Crippen LogP contribution in [0.2, 0.25) is 0 Å². The zero-order valence-corrected chi connectivity index (χ0v) is 13.7. The van der Waals surface area contributed by atoms with Gasteiger partial charge in [0.25, 0.3) is 0 Å². The lowest BCUT2D eigenvalue weighted by Gasteiger charge is -2.34. The van der Waals surface area contributed by atoms with Crippen LogP contribution in [0.3, 0.4) is 0 Å². The minimum Gasteiger partial charge on any atom is -0.457 e. The average Bonchev–Trinajstić information content (AvgIpc) is 3.16. The molecule has 0 bridgehead atoms. The van der Waals surface area contributed by atoms with Gasteiger partial charge in [0, 0.05) is 24.3 Å². The molecule has 0 radical (unpaired) electrons. The number of aromatic nitrogens is 2. The Morgan fingerprint density at radius 1 is 1.00 bits per heavy atom. The van der Waals surface area contributed by atoms with Crippen LogP contribution in [0.1, 0.15) is 51.6 Å². The van der Waals surface area contributed by atoms with Crippen LogP contribution >= 0.6 is 0 Å². The quantitative estimate of drug-likeness (QED) is 0.858. The molecule has 0 saturated carbocycles. The molecule has 0 saturated heterocycles. The molecule has 128 valence electrons. The number of ketones is 3. The summed E-state index contributed by atoms with van der Waals surface area (Å²) in [6.45, 7) is 0. The Balaban J connectivity index is 1.77. The maximum absolute atomic E-state index is 13.1. The number of H-pyrrole nitrogens is 1. The fourth-order valence-corrected chi connectivity index (χ4v) is 3.99. The van der Waals surface area contributed by atoms with Crippen molar-refractivity contribution in [2.75, 3.05) is 0 Å². The van der Waals surface area contributed by atoms with Crippen LogP contribution in [-0.2, 0) is 9.53 Å². The molecule has 6 heteroatoms. The van der Waals surface area contributed by atoms with E-state index in [1.807, 2.05) is 30.3 Å². The van der Waals surface area contributed by atoms with Crippen molar-refractivity contribution in [2.45, 2.75) is 25.2 Å². The fraction of sp³-hybridized carbons (Fsp3) is 0.200. The Hall–Kier alpha value is -3.28. The molecule has 1 aliphatic heterocycles. The van der Waals surface area contributed by atoms with Gasteiger partial charge in [0.2, 0.25) is 11.6 Å². The second-order valence-electron chi connectivity index (χ2n) is 6.62. The number of hydrogen-bond acceptors (Lipinski definition) is 5. The minimum atomic E-state index is -0.587. The van der Waals surface area contributed by atoms with Crippen molar-refractivity contribution in [3.63, 3.8) is 0 Å². The Kier molecular flexibility index (Phi) is 3.09. The third-order valence-corrected chi connectivity index (χ3v) is 5.15. The highest BCUT2D eigenvalue weighted by atomic mass is 16.5. The predicted molar refractivity (Wildman–Crippen MR) is 90.4 cm³/mol. The van der Waals surface area contributed by atoms with Gasteiger partial charge in [-0.15, -0.1) is 0 Å². The summed E-state index contributed by atoms with van der Waals surface area (Å²) in [4.78, 5) is 38.7. The van der Waals surface area contributed by atoms with Crippen molar-refractivity contribution in [1.82, 2.24) is 10.2 Å². The highest BCUT2D eigenvalue weighted by molar-refractivity contribution is 6.27. The van der Waals surface area contributed by atoms with E-state index in [0.29, 0.717) is 30.6 Å². The van der Waals surface area contributed by atoms with Crippen LogP contribution < -0.4 is 0 Å². The van der Waals surface area contributed by atoms with Gasteiger partial charge in [0.05, 0.1) is 17.3 Å². The van der Waals surface area contributed by atoms with Crippen molar-refractivity contribution in [3.8, 4) is 0 Å². The maximum atomic E-state index is 13.1. The number of rotatable bonds is 1. The van der Waals surface area contributed by atoms with Gasteiger partial charge >= 0.3 is 0 Å². The Bertz CT molecular complexity index is 1040. The van der Waals surface area contributed by atoms with Gasteiger partial charge < -0.3 is 4.74 Å². The van der Waals surface area contributed by atoms with E-state index in [1.165, 1.54) is 6.20 Å². The zero-order chi connectivity index (χ0) is 17.8. The van der Waals surface area contributed by atoms with Crippen LogP contribution in [0.25, 0.3) is 0 Å². The van der Waals surface area contributed by atoms with E-state index in [0.717, 1.165) is 5.56 Å². The molecule has 6 nitrogen and oxygen atoms in total. The van der Waals surface area contributed by atoms with E-state index >= 15 is 0 Å². The summed E-state index contributed by atoms with van der Waals surface area (Å²) < 4.78 is 5.85. The number of aromatic amines is 1. The van der Waals surface area contributed by atoms with Gasteiger partial charge in [-0.05, 0) is 12.0 Å². The van der Waals surface area contributed by atoms with Gasteiger partial charge in [-0.25, -0.2) is 0 Å². The summed E-state index contributed by atoms with van der Waals surface area (Å²) in [6, 6.07) is 9.32. The third-order valence-electron chi connectivity index (χ3n) is 5.15. The molecular weight excluding hydrogens is 332 g/mol. The summed E-state index contributed by atoms with van der Waals surface area (Å²) >= 11 is 0. The third kappa shape index (κ3) is 1.92. The molecule has 0 fully saturated rings. The number of hydrogen-bond donors (Lipinski definition) is 1. The van der Waals surface area contributed by atoms with Crippen molar-refractivity contribution in [1.29, 1.82) is 0 Å². The van der Waals surface area contributed by atoms with E-state index in [1.54, 1.807) is 0 Å². The number of carbonyl (C=O) groups excluding carboxylic acids is 3. The summed E-state index contributed by atoms with van der Waals surface area (Å²) in [7, 11) is 0. The van der Waals surface area contributed by atoms with Crippen molar-refractivity contribution >= 4 is 17.3 Å². The number of allylic oxidation sites excluding steroid dienone is 4. The van der Waals surface area contributed by atoms with Gasteiger partial charge in [0.15, 0.2) is 11.5 Å². The van der Waals surface area contributed by atoms with Crippen molar-refractivity contribution < 1.29 is 19.1 Å². The maximum Gasteiger partial charge on any atom is 0.232 e. The smallest absolute Gasteiger partial charge is 0.232 e. The van der Waals surface area contributed by atoms with Crippen LogP contribution in [0.15, 0.2) is 59.2 Å². The lowest BCUT2D eigenvalue weighted by Crippen LogP contribution is -2.34. The van der Waals surface area contributed by atoms with Gasteiger partial charge in [-0.3, -0.25) is 19.5 Å². The molecule has 1 aromatic heterocycles. The van der Waals surface area contributed by atoms with E-state index < -0.39 is 5.92 Å². The molecule has 0 spiro atoms. The van der Waals surface area contributed by atoms with Crippen LogP contribution in [0.4, 0.5) is 0 Å². The highest BCUT2D eigenvalue weighted by Crippen LogP contribution is 2.47. The van der Waals surface area contributed by atoms with Gasteiger partial charge in [0.1, 0.15) is 11.5 Å². The van der Waals surface area contributed by atoms with Crippen LogP contribution in [0, 0.1) is 0 Å². The minimum absolute atomic E-state index is 0.0256. The first-order chi connectivity index (χ1) is 12.7. The van der Waals surface area contributed by atoms with Crippen LogP contribution in [-0.4, -0.2) is 27.5 Å². The lowest BCUT2D eigenvalue weighted by molar-refractivity contribution is -0.116. The number of nitrogens with zero attached hydrogens (tertiary/aromatic N) is 1. The molecule has 1 unspecified atom stereocenters. The highest BCUT2D eigenvalue weighted by Gasteiger charge is 2.46. The lowest BCUT2D eigenvalue weighted by atomic mass is 9.73. The van der Waals surface area contributed by atoms with E-state index in [4.69, 9.17) is 4.74 Å². The van der Waals surface area contributed by atoms with Crippen LogP contribution in [0.5, 0.6) is 0 Å². The van der Waals surface area contributed by atoms with Gasteiger partial charge in [-0.1, -0.05) is 30.3 Å². The second-order valence-corrected chi connectivity index (χ2v) is 6.62. The van der Waals surface area contributed by atoms with Gasteiger partial charge in [-0.2, -0.15) is 5.10 Å². The first kappa shape index (κ1) is 15.0. The molecule has 3 aliphatic rings. The zero-order valence-electron chi connectivity index (χ0n) is 13.7. The molecule has 2 aromatic rings. The largest absolute Gasteiger partial charge is 0.457 e. The standard InChI is InChI=1S/C20H14N2O4/c23-12-7-4-8-13-15(12)14(10-5-2-1-3-6-10)16-19(25)17-11(9-21-22-17)18(24)20(16)26-13/h1-3,5-6,9,14H,4,7-8H2,(H,21,22). The topological polar surface area (TPSA) is 89.1 Å². The Morgan fingerprint density at radius 3 is 2.62 bits per heavy atom. The van der Waals surface area contributed by atoms with Crippen molar-refractivity contribution in [3.05, 3.63) is 76.0 Å². The molecule has 2 heterocycles. The first-order valence-corrected chi connectivity index (χ1v) is 8.52. The summed E-state index contributed by atoms with van der Waals surface area (Å²) in [5.74, 6) is -0.772. The Labute approximate surface area is 148 Å². The summed E-state index contributed by atoms with van der Waals surface area (Å²) in [5, 5.41) is 6.45. The molecule has 5 rings (SSSR count). The summed E-state index contributed by atoms with van der Waals surface area (Å²) in [6.07, 6.45) is 3.03. The fourth-order valence-electron chi connectivity index (χ4n) is 3.99. The molecule has 1 atom stereocenters. The monoisotopic (exact) mass is 346 g/mol. The molecule has 26 heavy (non-hydrogen) atoms. The molecular formula is C20H14N2O4. The Morgan fingerprint density at radius 2 is 1.81 bits per heavy atom. The normalized spacial score (nSPS) is 22.0. The van der Waals surface area contributed by atoms with Crippen molar-refractivity contribution in [2.24, 2.45) is 0 Å². The molecule has 1 aromatic carbocycles. The number of nitrogens with one attached hydrogen (secondary N) is 1. The number of ether oxygens (including phenoxy) is 1. The average molecular weight is 346 g/mol.